The quantitative estimate of drug-likeness (QED) is 0.682. The Morgan fingerprint density at radius 2 is 2.00 bits per heavy atom. The molecule has 2 aromatic heterocycles. The van der Waals surface area contributed by atoms with Crippen LogP contribution < -0.4 is 9.80 Å². The van der Waals surface area contributed by atoms with Crippen LogP contribution in [0.5, 0.6) is 0 Å². The fourth-order valence-corrected chi connectivity index (χ4v) is 3.85. The molecule has 0 radical (unpaired) electrons. The Kier molecular flexibility index (Phi) is 5.27. The maximum atomic E-state index is 11.2. The first-order valence-corrected chi connectivity index (χ1v) is 10.1. The van der Waals surface area contributed by atoms with Crippen LogP contribution in [0.3, 0.4) is 0 Å². The second kappa shape index (κ2) is 7.87. The highest BCUT2D eigenvalue weighted by Gasteiger charge is 2.19. The smallest absolute Gasteiger partial charge is 0.338 e. The van der Waals surface area contributed by atoms with Crippen molar-refractivity contribution >= 4 is 40.0 Å². The number of carboxylic acids is 1. The van der Waals surface area contributed by atoms with Crippen LogP contribution in [0.4, 0.5) is 11.5 Å². The van der Waals surface area contributed by atoms with Crippen LogP contribution in [0.1, 0.15) is 36.5 Å². The van der Waals surface area contributed by atoms with Crippen LogP contribution in [-0.2, 0) is 0 Å². The third-order valence-electron chi connectivity index (χ3n) is 5.30. The molecule has 0 aliphatic carbocycles. The van der Waals surface area contributed by atoms with E-state index < -0.39 is 5.97 Å². The standard InChI is InChI=1S/C20H23ClN6O2/c1-3-25(2)18-14-9-17(26-7-5-4-6-8-26)15(21)10-16(14)23-20(24-18)27-12-13(11-22-27)19(28)29/h9-12H,3-8H2,1-2H3,(H,28,29). The Bertz CT molecular complexity index is 1060. The zero-order chi connectivity index (χ0) is 20.5. The van der Waals surface area contributed by atoms with Crippen molar-refractivity contribution in [2.45, 2.75) is 26.2 Å². The molecule has 1 N–H and O–H groups in total. The summed E-state index contributed by atoms with van der Waals surface area (Å²) in [5.41, 5.74) is 1.79. The lowest BCUT2D eigenvalue weighted by Crippen LogP contribution is -2.29. The minimum absolute atomic E-state index is 0.0811. The van der Waals surface area contributed by atoms with Crippen LogP contribution in [0.15, 0.2) is 24.5 Å². The Morgan fingerprint density at radius 1 is 1.24 bits per heavy atom. The molecular formula is C20H23ClN6O2. The molecule has 8 nitrogen and oxygen atoms in total. The molecule has 29 heavy (non-hydrogen) atoms. The molecule has 4 rings (SSSR count). The van der Waals surface area contributed by atoms with E-state index in [0.29, 0.717) is 16.5 Å². The predicted molar refractivity (Wildman–Crippen MR) is 114 cm³/mol. The molecular weight excluding hydrogens is 392 g/mol. The molecule has 3 heterocycles. The van der Waals surface area contributed by atoms with Crippen molar-refractivity contribution in [3.63, 3.8) is 0 Å². The van der Waals surface area contributed by atoms with Crippen molar-refractivity contribution in [2.75, 3.05) is 36.5 Å². The zero-order valence-corrected chi connectivity index (χ0v) is 17.2. The third kappa shape index (κ3) is 3.72. The summed E-state index contributed by atoms with van der Waals surface area (Å²) in [6.45, 7) is 4.79. The van der Waals surface area contributed by atoms with Gasteiger partial charge in [-0.15, -0.1) is 0 Å². The number of rotatable bonds is 5. The molecule has 0 saturated carbocycles. The molecule has 0 atom stereocenters. The molecule has 0 unspecified atom stereocenters. The van der Waals surface area contributed by atoms with Gasteiger partial charge in [0, 0.05) is 38.3 Å². The SMILES string of the molecule is CCN(C)c1nc(-n2cc(C(=O)O)cn2)nc2cc(Cl)c(N3CCCCC3)cc12. The van der Waals surface area contributed by atoms with Gasteiger partial charge in [-0.1, -0.05) is 11.6 Å². The lowest BCUT2D eigenvalue weighted by molar-refractivity contribution is 0.0697. The van der Waals surface area contributed by atoms with Gasteiger partial charge in [-0.25, -0.2) is 14.5 Å². The van der Waals surface area contributed by atoms with E-state index in [1.54, 1.807) is 0 Å². The summed E-state index contributed by atoms with van der Waals surface area (Å²) in [4.78, 5) is 24.8. The van der Waals surface area contributed by atoms with Gasteiger partial charge in [0.1, 0.15) is 5.82 Å². The summed E-state index contributed by atoms with van der Waals surface area (Å²) in [6.07, 6.45) is 6.27. The molecule has 1 aliphatic heterocycles. The molecule has 1 saturated heterocycles. The number of aromatic carboxylic acids is 1. The Balaban J connectivity index is 1.87. The van der Waals surface area contributed by atoms with E-state index in [4.69, 9.17) is 21.7 Å². The topological polar surface area (TPSA) is 87.4 Å². The number of carboxylic acid groups (broad SMARTS) is 1. The normalized spacial score (nSPS) is 14.4. The predicted octanol–water partition coefficient (Wildman–Crippen LogP) is 3.61. The number of hydrogen-bond acceptors (Lipinski definition) is 6. The number of piperidine rings is 1. The second-order valence-electron chi connectivity index (χ2n) is 7.21. The van der Waals surface area contributed by atoms with Gasteiger partial charge in [0.2, 0.25) is 0 Å². The molecule has 0 spiro atoms. The fourth-order valence-electron chi connectivity index (χ4n) is 3.57. The molecule has 1 aromatic carbocycles. The number of hydrogen-bond donors (Lipinski definition) is 1. The molecule has 0 amide bonds. The average Bonchev–Trinajstić information content (AvgIpc) is 3.23. The lowest BCUT2D eigenvalue weighted by atomic mass is 10.1. The molecule has 152 valence electrons. The van der Waals surface area contributed by atoms with E-state index in [1.807, 2.05) is 24.9 Å². The highest BCUT2D eigenvalue weighted by molar-refractivity contribution is 6.34. The number of benzene rings is 1. The molecule has 0 bridgehead atoms. The molecule has 1 aliphatic rings. The maximum absolute atomic E-state index is 11.2. The summed E-state index contributed by atoms with van der Waals surface area (Å²) in [7, 11) is 1.96. The highest BCUT2D eigenvalue weighted by Crippen LogP contribution is 2.35. The number of anilines is 2. The van der Waals surface area contributed by atoms with Crippen LogP contribution in [0, 0.1) is 0 Å². The molecule has 3 aromatic rings. The summed E-state index contributed by atoms with van der Waals surface area (Å²) in [5, 5.41) is 14.8. The van der Waals surface area contributed by atoms with Crippen molar-refractivity contribution in [1.82, 2.24) is 19.7 Å². The second-order valence-corrected chi connectivity index (χ2v) is 7.62. The first-order valence-electron chi connectivity index (χ1n) is 9.73. The van der Waals surface area contributed by atoms with Crippen LogP contribution >= 0.6 is 11.6 Å². The van der Waals surface area contributed by atoms with Crippen LogP contribution in [-0.4, -0.2) is 57.5 Å². The van der Waals surface area contributed by atoms with E-state index in [1.165, 1.54) is 23.5 Å². The van der Waals surface area contributed by atoms with Crippen LogP contribution in [0.25, 0.3) is 16.9 Å². The number of carbonyl (C=O) groups is 1. The fraction of sp³-hybridized carbons (Fsp3) is 0.400. The summed E-state index contributed by atoms with van der Waals surface area (Å²) in [6, 6.07) is 3.93. The number of nitrogens with zero attached hydrogens (tertiary/aromatic N) is 6. The highest BCUT2D eigenvalue weighted by atomic mass is 35.5. The van der Waals surface area contributed by atoms with E-state index in [9.17, 15) is 4.79 Å². The minimum atomic E-state index is -1.04. The number of fused-ring (bicyclic) bond motifs is 1. The Hall–Kier alpha value is -2.87. The first-order chi connectivity index (χ1) is 14.0. The van der Waals surface area contributed by atoms with E-state index in [0.717, 1.165) is 49.4 Å². The van der Waals surface area contributed by atoms with Crippen molar-refractivity contribution in [1.29, 1.82) is 0 Å². The Labute approximate surface area is 173 Å². The first kappa shape index (κ1) is 19.4. The Morgan fingerprint density at radius 3 is 2.66 bits per heavy atom. The van der Waals surface area contributed by atoms with Crippen molar-refractivity contribution in [2.24, 2.45) is 0 Å². The van der Waals surface area contributed by atoms with Gasteiger partial charge in [-0.05, 0) is 38.3 Å². The maximum Gasteiger partial charge on any atom is 0.338 e. The molecule has 9 heteroatoms. The number of aromatic nitrogens is 4. The van der Waals surface area contributed by atoms with Crippen molar-refractivity contribution in [3.8, 4) is 5.95 Å². The minimum Gasteiger partial charge on any atom is -0.478 e. The summed E-state index contributed by atoms with van der Waals surface area (Å²) < 4.78 is 1.38. The van der Waals surface area contributed by atoms with E-state index >= 15 is 0 Å². The summed E-state index contributed by atoms with van der Waals surface area (Å²) in [5.74, 6) is 0.0223. The van der Waals surface area contributed by atoms with E-state index in [2.05, 4.69) is 21.0 Å². The van der Waals surface area contributed by atoms with E-state index in [-0.39, 0.29) is 5.56 Å². The van der Waals surface area contributed by atoms with Crippen molar-refractivity contribution in [3.05, 3.63) is 35.1 Å². The van der Waals surface area contributed by atoms with Crippen molar-refractivity contribution < 1.29 is 9.90 Å². The van der Waals surface area contributed by atoms with Gasteiger partial charge in [0.05, 0.1) is 28.0 Å². The van der Waals surface area contributed by atoms with Gasteiger partial charge in [0.25, 0.3) is 5.95 Å². The monoisotopic (exact) mass is 414 g/mol. The van der Waals surface area contributed by atoms with Crippen LogP contribution in [0.2, 0.25) is 5.02 Å². The number of halogens is 1. The van der Waals surface area contributed by atoms with Gasteiger partial charge in [-0.3, -0.25) is 0 Å². The van der Waals surface area contributed by atoms with Gasteiger partial charge < -0.3 is 14.9 Å². The summed E-state index contributed by atoms with van der Waals surface area (Å²) >= 11 is 6.63. The largest absolute Gasteiger partial charge is 0.478 e. The van der Waals surface area contributed by atoms with Gasteiger partial charge >= 0.3 is 5.97 Å². The molecule has 1 fully saturated rings. The van der Waals surface area contributed by atoms with Gasteiger partial charge in [0.15, 0.2) is 0 Å². The lowest BCUT2D eigenvalue weighted by Gasteiger charge is -2.30. The third-order valence-corrected chi connectivity index (χ3v) is 5.60. The zero-order valence-electron chi connectivity index (χ0n) is 16.5. The van der Waals surface area contributed by atoms with Gasteiger partial charge in [-0.2, -0.15) is 10.1 Å². The average molecular weight is 415 g/mol.